The Morgan fingerprint density at radius 2 is 2.00 bits per heavy atom. The summed E-state index contributed by atoms with van der Waals surface area (Å²) in [5.74, 6) is -0.854. The van der Waals surface area contributed by atoms with Crippen molar-refractivity contribution in [2.24, 2.45) is 4.99 Å². The Bertz CT molecular complexity index is 1190. The number of aromatic nitrogens is 2. The van der Waals surface area contributed by atoms with Gasteiger partial charge in [-0.3, -0.25) is 9.56 Å². The van der Waals surface area contributed by atoms with Gasteiger partial charge in [0.15, 0.2) is 5.69 Å². The third kappa shape index (κ3) is 3.24. The van der Waals surface area contributed by atoms with E-state index in [4.69, 9.17) is 9.73 Å². The molecule has 0 aliphatic carbocycles. The van der Waals surface area contributed by atoms with Crippen molar-refractivity contribution >= 4 is 17.3 Å². The average Bonchev–Trinajstić information content (AvgIpc) is 3.13. The zero-order valence-electron chi connectivity index (χ0n) is 17.1. The third-order valence-corrected chi connectivity index (χ3v) is 5.12. The van der Waals surface area contributed by atoms with Gasteiger partial charge in [0.2, 0.25) is 0 Å². The lowest BCUT2D eigenvalue weighted by atomic mass is 9.96. The molecule has 0 radical (unpaired) electrons. The number of allylic oxidation sites excluding steroid dienone is 1. The van der Waals surface area contributed by atoms with E-state index in [-0.39, 0.29) is 18.1 Å². The fourth-order valence-corrected chi connectivity index (χ4v) is 3.70. The zero-order chi connectivity index (χ0) is 21.4. The molecule has 0 saturated heterocycles. The number of rotatable bonds is 4. The highest BCUT2D eigenvalue weighted by molar-refractivity contribution is 6.16. The number of benzene rings is 2. The Morgan fingerprint density at radius 3 is 2.70 bits per heavy atom. The smallest absolute Gasteiger partial charge is 0.358 e. The number of hydrogen-bond donors (Lipinski definition) is 0. The number of ether oxygens (including phenoxy) is 1. The van der Waals surface area contributed by atoms with Crippen LogP contribution in [0.2, 0.25) is 0 Å². The van der Waals surface area contributed by atoms with Crippen molar-refractivity contribution in [3.05, 3.63) is 89.3 Å². The average molecular weight is 403 g/mol. The molecular weight excluding hydrogens is 381 g/mol. The van der Waals surface area contributed by atoms with Crippen molar-refractivity contribution in [3.8, 4) is 5.69 Å². The molecule has 0 N–H and O–H groups in total. The monoisotopic (exact) mass is 403 g/mol. The minimum absolute atomic E-state index is 0.220. The second-order valence-corrected chi connectivity index (χ2v) is 7.21. The molecule has 3 aromatic rings. The van der Waals surface area contributed by atoms with Gasteiger partial charge in [0.05, 0.1) is 29.7 Å². The maximum atomic E-state index is 14.8. The van der Waals surface area contributed by atoms with Crippen LogP contribution in [0.4, 0.5) is 4.39 Å². The quantitative estimate of drug-likeness (QED) is 0.567. The first-order valence-electron chi connectivity index (χ1n) is 9.80. The van der Waals surface area contributed by atoms with Gasteiger partial charge >= 0.3 is 5.97 Å². The Kier molecular flexibility index (Phi) is 5.08. The first kappa shape index (κ1) is 19.8. The largest absolute Gasteiger partial charge is 0.461 e. The molecule has 6 heteroatoms. The summed E-state index contributed by atoms with van der Waals surface area (Å²) in [5.41, 5.74) is 5.10. The Morgan fingerprint density at radius 1 is 1.23 bits per heavy atom. The maximum absolute atomic E-state index is 14.8. The van der Waals surface area contributed by atoms with E-state index in [1.165, 1.54) is 6.07 Å². The van der Waals surface area contributed by atoms with E-state index in [1.807, 2.05) is 36.6 Å². The molecule has 2 heterocycles. The van der Waals surface area contributed by atoms with E-state index in [9.17, 15) is 9.18 Å². The van der Waals surface area contributed by atoms with Gasteiger partial charge in [0, 0.05) is 11.1 Å². The summed E-state index contributed by atoms with van der Waals surface area (Å²) in [6, 6.07) is 11.9. The fraction of sp³-hybridized carbons (Fsp3) is 0.208. The van der Waals surface area contributed by atoms with Crippen LogP contribution in [0.1, 0.15) is 59.7 Å². The lowest BCUT2D eigenvalue weighted by molar-refractivity contribution is 0.0518. The summed E-state index contributed by atoms with van der Waals surface area (Å²) in [6.07, 6.45) is 1.59. The predicted octanol–water partition coefficient (Wildman–Crippen LogP) is 5.13. The van der Waals surface area contributed by atoms with Crippen LogP contribution in [0.25, 0.3) is 11.3 Å². The Hall–Kier alpha value is -3.54. The summed E-state index contributed by atoms with van der Waals surface area (Å²) < 4.78 is 21.8. The molecule has 30 heavy (non-hydrogen) atoms. The minimum Gasteiger partial charge on any atom is -0.461 e. The van der Waals surface area contributed by atoms with Crippen molar-refractivity contribution in [3.63, 3.8) is 0 Å². The second-order valence-electron chi connectivity index (χ2n) is 7.21. The summed E-state index contributed by atoms with van der Waals surface area (Å²) in [6.45, 7) is 9.81. The number of halogens is 1. The van der Waals surface area contributed by atoms with Crippen molar-refractivity contribution in [2.75, 3.05) is 6.61 Å². The highest BCUT2D eigenvalue weighted by Crippen LogP contribution is 2.34. The SMILES string of the molecule is C=C(C)c1ccc2c(c1)C(c1ccccc1F)=N[C@H](C)c1c(C(=O)OCC)ncn1-2. The number of esters is 1. The molecule has 2 aromatic carbocycles. The van der Waals surface area contributed by atoms with Crippen LogP contribution in [-0.2, 0) is 4.74 Å². The lowest BCUT2D eigenvalue weighted by Crippen LogP contribution is -2.11. The predicted molar refractivity (Wildman–Crippen MR) is 115 cm³/mol. The van der Waals surface area contributed by atoms with E-state index in [1.54, 1.807) is 31.5 Å². The maximum Gasteiger partial charge on any atom is 0.358 e. The molecule has 1 atom stereocenters. The standard InChI is InChI=1S/C24H22FN3O2/c1-5-30-24(29)22-23-15(4)27-21(17-8-6-7-9-19(17)25)18-12-16(14(2)3)10-11-20(18)28(23)13-26-22/h6-13,15H,2,5H2,1,3-4H3/t15-/m1/s1. The second kappa shape index (κ2) is 7.71. The molecule has 0 unspecified atom stereocenters. The molecule has 152 valence electrons. The van der Waals surface area contributed by atoms with Crippen molar-refractivity contribution in [2.45, 2.75) is 26.8 Å². The minimum atomic E-state index is -0.497. The van der Waals surface area contributed by atoms with E-state index in [2.05, 4.69) is 11.6 Å². The highest BCUT2D eigenvalue weighted by Gasteiger charge is 2.30. The first-order chi connectivity index (χ1) is 14.4. The molecule has 0 amide bonds. The van der Waals surface area contributed by atoms with E-state index in [0.29, 0.717) is 17.0 Å². The molecule has 4 rings (SSSR count). The molecule has 5 nitrogen and oxygen atoms in total. The topological polar surface area (TPSA) is 56.5 Å². The molecule has 1 aromatic heterocycles. The van der Waals surface area contributed by atoms with Crippen molar-refractivity contribution in [1.29, 1.82) is 0 Å². The number of carbonyl (C=O) groups excluding carboxylic acids is 1. The third-order valence-electron chi connectivity index (χ3n) is 5.12. The molecular formula is C24H22FN3O2. The van der Waals surface area contributed by atoms with Gasteiger partial charge in [-0.05, 0) is 50.6 Å². The first-order valence-corrected chi connectivity index (χ1v) is 9.80. The van der Waals surface area contributed by atoms with Crippen LogP contribution >= 0.6 is 0 Å². The van der Waals surface area contributed by atoms with Gasteiger partial charge < -0.3 is 4.74 Å². The van der Waals surface area contributed by atoms with Crippen molar-refractivity contribution in [1.82, 2.24) is 9.55 Å². The molecule has 1 aliphatic rings. The van der Waals surface area contributed by atoms with E-state index >= 15 is 0 Å². The van der Waals surface area contributed by atoms with Gasteiger partial charge in [-0.15, -0.1) is 0 Å². The Balaban J connectivity index is 2.02. The summed E-state index contributed by atoms with van der Waals surface area (Å²) in [5, 5.41) is 0. The van der Waals surface area contributed by atoms with Gasteiger partial charge in [0.25, 0.3) is 0 Å². The molecule has 0 fully saturated rings. The van der Waals surface area contributed by atoms with Gasteiger partial charge in [-0.1, -0.05) is 30.4 Å². The van der Waals surface area contributed by atoms with Gasteiger partial charge in [0.1, 0.15) is 12.1 Å². The number of hydrogen-bond acceptors (Lipinski definition) is 4. The Labute approximate surface area is 174 Å². The summed E-state index contributed by atoms with van der Waals surface area (Å²) in [7, 11) is 0. The number of nitrogens with zero attached hydrogens (tertiary/aromatic N) is 3. The van der Waals surface area contributed by atoms with Crippen LogP contribution < -0.4 is 0 Å². The number of carbonyl (C=O) groups is 1. The van der Waals surface area contributed by atoms with E-state index < -0.39 is 12.0 Å². The number of imidazole rings is 1. The summed E-state index contributed by atoms with van der Waals surface area (Å²) in [4.78, 5) is 21.6. The van der Waals surface area contributed by atoms with Crippen LogP contribution in [0.15, 0.2) is 60.4 Å². The van der Waals surface area contributed by atoms with Crippen LogP contribution in [-0.4, -0.2) is 27.8 Å². The molecule has 1 aliphatic heterocycles. The zero-order valence-corrected chi connectivity index (χ0v) is 17.1. The van der Waals surface area contributed by atoms with Crippen LogP contribution in [0, 0.1) is 5.82 Å². The molecule has 0 saturated carbocycles. The van der Waals surface area contributed by atoms with Gasteiger partial charge in [-0.25, -0.2) is 14.2 Å². The normalized spacial score (nSPS) is 14.9. The number of fused-ring (bicyclic) bond motifs is 3. The summed E-state index contributed by atoms with van der Waals surface area (Å²) >= 11 is 0. The van der Waals surface area contributed by atoms with Crippen molar-refractivity contribution < 1.29 is 13.9 Å². The fourth-order valence-electron chi connectivity index (χ4n) is 3.70. The van der Waals surface area contributed by atoms with Crippen LogP contribution in [0.5, 0.6) is 0 Å². The van der Waals surface area contributed by atoms with Crippen LogP contribution in [0.3, 0.4) is 0 Å². The molecule has 0 bridgehead atoms. The lowest BCUT2D eigenvalue weighted by Gasteiger charge is -2.14. The molecule has 0 spiro atoms. The van der Waals surface area contributed by atoms with Gasteiger partial charge in [-0.2, -0.15) is 0 Å². The highest BCUT2D eigenvalue weighted by atomic mass is 19.1. The van der Waals surface area contributed by atoms with E-state index in [0.717, 1.165) is 22.4 Å². The number of aliphatic imine (C=N–C) groups is 1.